The smallest absolute Gasteiger partial charge is 0.372 e. The molecule has 0 atom stereocenters. The van der Waals surface area contributed by atoms with Crippen LogP contribution in [0.15, 0.2) is 0 Å². The van der Waals surface area contributed by atoms with Crippen LogP contribution in [0.3, 0.4) is 0 Å². The molecule has 4 heteroatoms. The van der Waals surface area contributed by atoms with Gasteiger partial charge < -0.3 is 73.1 Å². The van der Waals surface area contributed by atoms with Crippen molar-refractivity contribution < 1.29 is 131 Å². The van der Waals surface area contributed by atoms with E-state index in [1.54, 1.807) is 0 Å². The Labute approximate surface area is 339 Å². The fourth-order valence-corrected chi connectivity index (χ4v) is 5.69. The fourth-order valence-electron chi connectivity index (χ4n) is 5.69. The molecule has 37 heavy (non-hydrogen) atoms. The van der Waals surface area contributed by atoms with Crippen molar-refractivity contribution in [3.8, 4) is 0 Å². The molecule has 0 aromatic heterocycles. The molecule has 0 heterocycles. The summed E-state index contributed by atoms with van der Waals surface area (Å²) < 4.78 is 0. The van der Waals surface area contributed by atoms with Crippen molar-refractivity contribution in [2.45, 2.75) is 107 Å². The van der Waals surface area contributed by atoms with E-state index in [2.05, 4.69) is 110 Å². The summed E-state index contributed by atoms with van der Waals surface area (Å²) in [5.74, 6) is 2.16. The number of hydrogen-bond acceptors (Lipinski definition) is 0. The Morgan fingerprint density at radius 1 is 0.703 bits per heavy atom. The summed E-state index contributed by atoms with van der Waals surface area (Å²) in [6.45, 7) is 43.8. The zero-order valence-electron chi connectivity index (χ0n) is 27.0. The van der Waals surface area contributed by atoms with E-state index in [9.17, 15) is 0 Å². The molecule has 2 bridgehead atoms. The predicted octanol–water partition coefficient (Wildman–Crippen LogP) is 10.6. The Balaban J connectivity index is -0.0000000923. The van der Waals surface area contributed by atoms with E-state index >= 15 is 0 Å². The second kappa shape index (κ2) is 23.8. The molecule has 3 rings (SSSR count). The molecule has 0 unspecified atom stereocenters. The number of fused-ring (bicyclic) bond motifs is 3. The summed E-state index contributed by atoms with van der Waals surface area (Å²) in [4.78, 5) is 0. The maximum atomic E-state index is 3.94. The van der Waals surface area contributed by atoms with Crippen LogP contribution in [0, 0.1) is 107 Å². The van der Waals surface area contributed by atoms with Gasteiger partial charge in [0.1, 0.15) is 0 Å². The van der Waals surface area contributed by atoms with Crippen molar-refractivity contribution in [3.63, 3.8) is 0 Å². The van der Waals surface area contributed by atoms with E-state index in [1.165, 1.54) is 38.5 Å². The van der Waals surface area contributed by atoms with Gasteiger partial charge in [0.15, 0.2) is 0 Å². The van der Waals surface area contributed by atoms with Gasteiger partial charge in [-0.2, -0.15) is 5.41 Å². The molecule has 3 radical (unpaired) electrons. The minimum absolute atomic E-state index is 0. The first-order chi connectivity index (χ1) is 14.2. The van der Waals surface area contributed by atoms with Crippen LogP contribution in [-0.4, -0.2) is 0 Å². The van der Waals surface area contributed by atoms with Crippen molar-refractivity contribution in [1.82, 2.24) is 0 Å². The summed E-state index contributed by atoms with van der Waals surface area (Å²) in [5, 5.41) is 0. The summed E-state index contributed by atoms with van der Waals surface area (Å²) in [6, 6.07) is 0. The summed E-state index contributed by atoms with van der Waals surface area (Å²) in [7, 11) is 0. The predicted molar refractivity (Wildman–Crippen MR) is 153 cm³/mol. The monoisotopic (exact) mass is 814 g/mol. The molecule has 0 aliphatic heterocycles. The van der Waals surface area contributed by atoms with Crippen molar-refractivity contribution in [1.29, 1.82) is 0 Å². The number of hydrogen-bond donors (Lipinski definition) is 0. The molecule has 211 valence electrons. The molecule has 0 aromatic carbocycles. The third-order valence-electron chi connectivity index (χ3n) is 7.76. The van der Waals surface area contributed by atoms with E-state index in [0.29, 0.717) is 22.7 Å². The maximum Gasteiger partial charge on any atom is 3.00 e. The second-order valence-electron chi connectivity index (χ2n) is 14.1. The van der Waals surface area contributed by atoms with Crippen LogP contribution in [0.4, 0.5) is 0 Å². The van der Waals surface area contributed by atoms with Crippen LogP contribution >= 0.6 is 0 Å². The minimum atomic E-state index is 0. The SMILES string of the molecule is CC(C)(C)C12CCC(CC1)CC2.[CH2-]C([CH2-])C(C([CH2-])[CH2-])C(C)(C)C.[CH2-]C([CH2-])C[CH-]C(C)(C)C.[CH3-].[Y+3].[Y].[Y].[Y]. The van der Waals surface area contributed by atoms with Crippen LogP contribution in [0.25, 0.3) is 0 Å². The Bertz CT molecular complexity index is 474. The Morgan fingerprint density at radius 3 is 1.14 bits per heavy atom. The summed E-state index contributed by atoms with van der Waals surface area (Å²) in [6.07, 6.45) is 12.4. The molecule has 0 spiro atoms. The van der Waals surface area contributed by atoms with E-state index < -0.39 is 0 Å². The molecule has 3 aliphatic carbocycles. The average molecular weight is 814 g/mol. The Kier molecular flexibility index (Phi) is 34.6. The third kappa shape index (κ3) is 22.6. The van der Waals surface area contributed by atoms with Gasteiger partial charge in [0.25, 0.3) is 0 Å². The van der Waals surface area contributed by atoms with Crippen molar-refractivity contribution in [3.05, 3.63) is 55.4 Å². The molecule has 0 saturated heterocycles. The fraction of sp³-hybridized carbons (Fsp3) is 0.758. The van der Waals surface area contributed by atoms with Crippen molar-refractivity contribution >= 4 is 0 Å². The Morgan fingerprint density at radius 2 is 1.03 bits per heavy atom. The van der Waals surface area contributed by atoms with Crippen molar-refractivity contribution in [2.24, 2.45) is 51.2 Å². The van der Waals surface area contributed by atoms with E-state index in [4.69, 9.17) is 0 Å². The third-order valence-corrected chi connectivity index (χ3v) is 7.76. The molecule has 3 aliphatic rings. The Hall–Kier alpha value is 4.42. The van der Waals surface area contributed by atoms with Gasteiger partial charge in [-0.1, -0.05) is 62.3 Å². The van der Waals surface area contributed by atoms with Crippen LogP contribution in [0.2, 0.25) is 0 Å². The minimum Gasteiger partial charge on any atom is -0.372 e. The normalized spacial score (nSPS) is 20.7. The molecule has 0 aromatic rings. The molecular weight excluding hydrogens is 752 g/mol. The zero-order valence-corrected chi connectivity index (χ0v) is 38.3. The van der Waals surface area contributed by atoms with Gasteiger partial charge in [-0.3, -0.25) is 0 Å². The average Bonchev–Trinajstić information content (AvgIpc) is 2.59. The van der Waals surface area contributed by atoms with Crippen molar-refractivity contribution in [2.75, 3.05) is 0 Å². The maximum absolute atomic E-state index is 3.94. The quantitative estimate of drug-likeness (QED) is 0.248. The number of rotatable bonds is 4. The van der Waals surface area contributed by atoms with E-state index in [-0.39, 0.29) is 156 Å². The molecule has 0 N–H and O–H groups in total. The van der Waals surface area contributed by atoms with E-state index in [1.807, 2.05) is 0 Å². The topological polar surface area (TPSA) is 0 Å². The van der Waals surface area contributed by atoms with Crippen LogP contribution in [-0.2, 0) is 131 Å². The van der Waals surface area contributed by atoms with Crippen LogP contribution in [0.5, 0.6) is 0 Å². The van der Waals surface area contributed by atoms with Crippen LogP contribution in [0.1, 0.15) is 107 Å². The van der Waals surface area contributed by atoms with E-state index in [0.717, 1.165) is 17.8 Å². The standard InChI is InChI=1S/C12H22.C11H20.C9H17.CH3.4Y/c1-11(2,3)12-7-4-10(5-8-12)6-9-12;1-8(2)10(9(3)4)11(5,6)7;1-8(2)6-7-9(3,4)5;;;;;/h10H,4-9H2,1-3H3;8-10H,1-4H2,5-7H3;7-8H,1-2,6H2,3-5H3;1H3;;;;/q;-4;-3;-1;;;;+3. The van der Waals surface area contributed by atoms with Gasteiger partial charge in [0, 0.05) is 98.1 Å². The van der Waals surface area contributed by atoms with Gasteiger partial charge in [-0.05, 0) is 60.7 Å². The second-order valence-corrected chi connectivity index (χ2v) is 14.1. The largest absolute Gasteiger partial charge is 3.00 e. The van der Waals surface area contributed by atoms with Gasteiger partial charge in [0.2, 0.25) is 0 Å². The first-order valence-corrected chi connectivity index (χ1v) is 13.0. The van der Waals surface area contributed by atoms with Gasteiger partial charge >= 0.3 is 32.7 Å². The summed E-state index contributed by atoms with van der Waals surface area (Å²) in [5.41, 5.74) is 1.82. The van der Waals surface area contributed by atoms with Gasteiger partial charge in [-0.15, -0.1) is 5.92 Å². The zero-order chi connectivity index (χ0) is 25.5. The molecule has 0 nitrogen and oxygen atoms in total. The van der Waals surface area contributed by atoms with Crippen LogP contribution < -0.4 is 0 Å². The van der Waals surface area contributed by atoms with Gasteiger partial charge in [-0.25, -0.2) is 6.42 Å². The summed E-state index contributed by atoms with van der Waals surface area (Å²) >= 11 is 0. The molecule has 0 amide bonds. The first-order valence-electron chi connectivity index (χ1n) is 13.0. The molecular formula is C33H62Y4-5. The molecule has 3 fully saturated rings. The molecule has 3 saturated carbocycles. The van der Waals surface area contributed by atoms with Gasteiger partial charge in [0.05, 0.1) is 0 Å². The first kappa shape index (κ1) is 53.9.